The molecule has 5 aromatic carbocycles. The zero-order valence-corrected chi connectivity index (χ0v) is 20.1. The maximum absolute atomic E-state index is 2.31. The molecule has 5 rings (SSSR count). The van der Waals surface area contributed by atoms with Crippen molar-refractivity contribution in [3.8, 4) is 0 Å². The van der Waals surface area contributed by atoms with E-state index in [9.17, 15) is 0 Å². The molecule has 0 aliphatic carbocycles. The van der Waals surface area contributed by atoms with Crippen LogP contribution in [0.1, 0.15) is 5.56 Å². The number of fused-ring (bicyclic) bond motifs is 2. The van der Waals surface area contributed by atoms with Crippen molar-refractivity contribution in [3.05, 3.63) is 109 Å². The van der Waals surface area contributed by atoms with Crippen LogP contribution in [0.2, 0.25) is 0 Å². The van der Waals surface area contributed by atoms with E-state index in [1.165, 1.54) is 37.7 Å². The monoisotopic (exact) mass is 470 g/mol. The summed E-state index contributed by atoms with van der Waals surface area (Å²) in [4.78, 5) is 0. The number of hydrogen-bond donors (Lipinski definition) is 0. The van der Waals surface area contributed by atoms with Gasteiger partial charge in [-0.15, -0.1) is 70.0 Å². The Morgan fingerprint density at radius 3 is 2.00 bits per heavy atom. The maximum Gasteiger partial charge on any atom is 4.00 e. The van der Waals surface area contributed by atoms with Crippen molar-refractivity contribution in [1.82, 2.24) is 0 Å². The largest absolute Gasteiger partial charge is 4.00 e. The molecule has 0 nitrogen and oxygen atoms in total. The average Bonchev–Trinajstić information content (AvgIpc) is 3.30. The molecule has 1 atom stereocenters. The molecule has 0 fully saturated rings. The van der Waals surface area contributed by atoms with Crippen molar-refractivity contribution in [2.75, 3.05) is 0 Å². The zero-order chi connectivity index (χ0) is 17.8. The second-order valence-corrected chi connectivity index (χ2v) is 7.83. The minimum atomic E-state index is 0. The van der Waals surface area contributed by atoms with Gasteiger partial charge in [-0.1, -0.05) is 45.0 Å². The van der Waals surface area contributed by atoms with Crippen LogP contribution in [0.4, 0.5) is 0 Å². The topological polar surface area (TPSA) is 0 Å². The molecule has 0 saturated carbocycles. The van der Waals surface area contributed by atoms with E-state index in [0.29, 0.717) is 0 Å². The zero-order valence-electron chi connectivity index (χ0n) is 16.1. The first-order chi connectivity index (χ1) is 12.8. The summed E-state index contributed by atoms with van der Waals surface area (Å²) in [5.41, 5.74) is 1.39. The maximum atomic E-state index is 2.31. The number of benzene rings is 3. The SMILES string of the molecule is Cc1ccccc1Pc1cc2ccccc2[cH-]1.[Cl-].[Cl-].[Ti+4].c1ccc2[cH-]ccc2c1. The predicted octanol–water partition coefficient (Wildman–Crippen LogP) is 0.0606. The third-order valence-corrected chi connectivity index (χ3v) is 6.00. The van der Waals surface area contributed by atoms with Crippen LogP contribution in [0.5, 0.6) is 0 Å². The molecule has 5 aromatic rings. The van der Waals surface area contributed by atoms with E-state index >= 15 is 0 Å². The van der Waals surface area contributed by atoms with Crippen LogP contribution in [0.25, 0.3) is 21.5 Å². The Labute approximate surface area is 201 Å². The summed E-state index contributed by atoms with van der Waals surface area (Å²) in [6.07, 6.45) is 0. The van der Waals surface area contributed by atoms with Gasteiger partial charge in [0.2, 0.25) is 0 Å². The molecule has 0 aromatic heterocycles. The van der Waals surface area contributed by atoms with Crippen molar-refractivity contribution in [2.45, 2.75) is 6.92 Å². The van der Waals surface area contributed by atoms with Crippen LogP contribution >= 0.6 is 8.58 Å². The fourth-order valence-electron chi connectivity index (χ4n) is 3.16. The van der Waals surface area contributed by atoms with Crippen LogP contribution in [-0.4, -0.2) is 0 Å². The Morgan fingerprint density at radius 1 is 0.690 bits per heavy atom. The Hall–Kier alpha value is -1.40. The van der Waals surface area contributed by atoms with Gasteiger partial charge < -0.3 is 24.8 Å². The summed E-state index contributed by atoms with van der Waals surface area (Å²) in [6.45, 7) is 2.19. The summed E-state index contributed by atoms with van der Waals surface area (Å²) in [5.74, 6) is 0. The molecule has 4 heteroatoms. The molecule has 0 saturated heterocycles. The van der Waals surface area contributed by atoms with Crippen molar-refractivity contribution < 1.29 is 46.5 Å². The van der Waals surface area contributed by atoms with Gasteiger partial charge in [0.1, 0.15) is 0 Å². The van der Waals surface area contributed by atoms with Gasteiger partial charge in [0, 0.05) is 0 Å². The molecule has 0 spiro atoms. The molecule has 29 heavy (non-hydrogen) atoms. The van der Waals surface area contributed by atoms with Crippen LogP contribution in [-0.2, 0) is 21.7 Å². The number of aryl methyl sites for hydroxylation is 1. The summed E-state index contributed by atoms with van der Waals surface area (Å²) in [6, 6.07) is 36.5. The number of hydrogen-bond acceptors (Lipinski definition) is 0. The van der Waals surface area contributed by atoms with E-state index in [-0.39, 0.29) is 46.5 Å². The molecule has 0 amide bonds. The summed E-state index contributed by atoms with van der Waals surface area (Å²) in [7, 11) is 0.759. The minimum Gasteiger partial charge on any atom is -1.00 e. The number of halogens is 2. The van der Waals surface area contributed by atoms with Gasteiger partial charge in [0.25, 0.3) is 0 Å². The average molecular weight is 471 g/mol. The Bertz CT molecular complexity index is 1080. The first kappa shape index (κ1) is 25.6. The fourth-order valence-corrected chi connectivity index (χ4v) is 4.39. The Balaban J connectivity index is 0.000000302. The van der Waals surface area contributed by atoms with E-state index in [2.05, 4.69) is 110 Å². The molecule has 1 unspecified atom stereocenters. The van der Waals surface area contributed by atoms with Crippen molar-refractivity contribution in [2.24, 2.45) is 0 Å². The normalized spacial score (nSPS) is 9.97. The van der Waals surface area contributed by atoms with E-state index in [1.54, 1.807) is 0 Å². The van der Waals surface area contributed by atoms with Crippen LogP contribution < -0.4 is 35.4 Å². The smallest absolute Gasteiger partial charge is 1.00 e. The summed E-state index contributed by atoms with van der Waals surface area (Å²) >= 11 is 0. The minimum absolute atomic E-state index is 0. The first-order valence-electron chi connectivity index (χ1n) is 8.88. The van der Waals surface area contributed by atoms with Gasteiger partial charge in [-0.2, -0.15) is 23.6 Å². The van der Waals surface area contributed by atoms with E-state index < -0.39 is 0 Å². The first-order valence-corrected chi connectivity index (χ1v) is 9.88. The van der Waals surface area contributed by atoms with Gasteiger partial charge in [-0.25, -0.2) is 0 Å². The van der Waals surface area contributed by atoms with Gasteiger partial charge >= 0.3 is 21.7 Å². The fraction of sp³-hybridized carbons (Fsp3) is 0.0400. The van der Waals surface area contributed by atoms with Gasteiger partial charge in [-0.05, 0) is 17.8 Å². The van der Waals surface area contributed by atoms with Gasteiger partial charge in [0.15, 0.2) is 0 Å². The molecule has 0 radical (unpaired) electrons. The van der Waals surface area contributed by atoms with Crippen molar-refractivity contribution in [3.63, 3.8) is 0 Å². The third-order valence-electron chi connectivity index (χ3n) is 4.59. The summed E-state index contributed by atoms with van der Waals surface area (Å²) < 4.78 is 0. The van der Waals surface area contributed by atoms with E-state index in [0.717, 1.165) is 8.58 Å². The van der Waals surface area contributed by atoms with Crippen LogP contribution in [0.3, 0.4) is 0 Å². The summed E-state index contributed by atoms with van der Waals surface area (Å²) in [5, 5.41) is 8.24. The van der Waals surface area contributed by atoms with Crippen molar-refractivity contribution >= 4 is 40.7 Å². The second kappa shape index (κ2) is 12.3. The number of rotatable bonds is 2. The molecule has 0 heterocycles. The molecular formula is C25H21Cl2PTi. The predicted molar refractivity (Wildman–Crippen MR) is 118 cm³/mol. The third kappa shape index (κ3) is 6.55. The second-order valence-electron chi connectivity index (χ2n) is 6.47. The van der Waals surface area contributed by atoms with E-state index in [4.69, 9.17) is 0 Å². The molecule has 0 bridgehead atoms. The van der Waals surface area contributed by atoms with E-state index in [1.807, 2.05) is 0 Å². The van der Waals surface area contributed by atoms with Gasteiger partial charge in [-0.3, -0.25) is 0 Å². The van der Waals surface area contributed by atoms with Crippen LogP contribution in [0, 0.1) is 6.92 Å². The molecule has 0 N–H and O–H groups in total. The van der Waals surface area contributed by atoms with Crippen molar-refractivity contribution in [1.29, 1.82) is 0 Å². The van der Waals surface area contributed by atoms with Gasteiger partial charge in [0.05, 0.1) is 0 Å². The molecule has 144 valence electrons. The Kier molecular flexibility index (Phi) is 10.9. The molecule has 0 aliphatic heterocycles. The quantitative estimate of drug-likeness (QED) is 0.194. The standard InChI is InChI=1S/C16H14P.C9H7.2ClH.Ti/c1-12-6-2-5-9-16(12)17-15-10-13-7-3-4-8-14(13)11-15;1-2-5-9-7-3-6-8(9)4-1;;;/h2-11,17H,1H3;1-7H;2*1H;/q2*-1;;;+4/p-2. The molecule has 0 aliphatic rings. The Morgan fingerprint density at radius 2 is 1.31 bits per heavy atom. The van der Waals surface area contributed by atoms with Crippen LogP contribution in [0.15, 0.2) is 103 Å². The molecular weight excluding hydrogens is 450 g/mol.